The largest absolute Gasteiger partial charge is 0.391 e. The Morgan fingerprint density at radius 1 is 0.484 bits per heavy atom. The van der Waals surface area contributed by atoms with Crippen LogP contribution < -0.4 is 0 Å². The minimum Gasteiger partial charge on any atom is -0.391 e. The van der Waals surface area contributed by atoms with Crippen molar-refractivity contribution in [3.05, 3.63) is 23.6 Å². The molecular formula is C25H52O4Si2. The van der Waals surface area contributed by atoms with Crippen LogP contribution in [0.2, 0.25) is 12.1 Å². The quantitative estimate of drug-likeness (QED) is 0.119. The Bertz CT molecular complexity index is 395. The SMILES string of the molecule is CC=C[Si](CCC[Si](C=CC)(OCCCC)OCCCC)(OCCCC)OCCCC. The lowest BCUT2D eigenvalue weighted by atomic mass is 10.4. The maximum atomic E-state index is 6.47. The van der Waals surface area contributed by atoms with E-state index in [2.05, 4.69) is 65.1 Å². The van der Waals surface area contributed by atoms with Crippen LogP contribution in [0.25, 0.3) is 0 Å². The highest BCUT2D eigenvalue weighted by atomic mass is 28.4. The van der Waals surface area contributed by atoms with Gasteiger partial charge in [0.2, 0.25) is 0 Å². The van der Waals surface area contributed by atoms with Crippen LogP contribution >= 0.6 is 0 Å². The molecule has 4 nitrogen and oxygen atoms in total. The normalized spacial score (nSPS) is 13.1. The molecule has 0 bridgehead atoms. The van der Waals surface area contributed by atoms with Gasteiger partial charge in [-0.25, -0.2) is 0 Å². The summed E-state index contributed by atoms with van der Waals surface area (Å²) in [5.74, 6) is 0. The Balaban J connectivity index is 5.31. The van der Waals surface area contributed by atoms with Crippen molar-refractivity contribution in [3.63, 3.8) is 0 Å². The first-order valence-electron chi connectivity index (χ1n) is 12.9. The monoisotopic (exact) mass is 472 g/mol. The molecule has 0 aromatic heterocycles. The molecule has 0 aromatic carbocycles. The van der Waals surface area contributed by atoms with Crippen molar-refractivity contribution in [2.24, 2.45) is 0 Å². The van der Waals surface area contributed by atoms with Gasteiger partial charge in [0.15, 0.2) is 0 Å². The highest BCUT2D eigenvalue weighted by Gasteiger charge is 2.39. The van der Waals surface area contributed by atoms with Crippen LogP contribution in [0.1, 0.15) is 99.3 Å². The number of unbranched alkanes of at least 4 members (excludes halogenated alkanes) is 4. The second kappa shape index (κ2) is 20.4. The van der Waals surface area contributed by atoms with Gasteiger partial charge in [0.1, 0.15) is 0 Å². The van der Waals surface area contributed by atoms with Gasteiger partial charge < -0.3 is 17.7 Å². The number of hydrogen-bond donors (Lipinski definition) is 0. The van der Waals surface area contributed by atoms with Gasteiger partial charge in [-0.05, 0) is 69.4 Å². The zero-order valence-corrected chi connectivity index (χ0v) is 23.5. The number of allylic oxidation sites excluding steroid dienone is 2. The van der Waals surface area contributed by atoms with Crippen molar-refractivity contribution in [2.45, 2.75) is 111 Å². The van der Waals surface area contributed by atoms with Crippen LogP contribution in [0.3, 0.4) is 0 Å². The predicted molar refractivity (Wildman–Crippen MR) is 139 cm³/mol. The summed E-state index contributed by atoms with van der Waals surface area (Å²) < 4.78 is 25.9. The summed E-state index contributed by atoms with van der Waals surface area (Å²) in [7, 11) is -4.73. The first-order valence-corrected chi connectivity index (χ1v) is 17.1. The summed E-state index contributed by atoms with van der Waals surface area (Å²) in [6.45, 7) is 16.1. The molecule has 0 unspecified atom stereocenters. The molecule has 0 spiro atoms. The maximum Gasteiger partial charge on any atom is 0.364 e. The van der Waals surface area contributed by atoms with E-state index in [1.165, 1.54) is 0 Å². The van der Waals surface area contributed by atoms with Crippen LogP contribution in [0.15, 0.2) is 23.6 Å². The molecule has 0 N–H and O–H groups in total. The summed E-state index contributed by atoms with van der Waals surface area (Å²) in [6, 6.07) is 1.93. The van der Waals surface area contributed by atoms with Crippen molar-refractivity contribution in [1.29, 1.82) is 0 Å². The smallest absolute Gasteiger partial charge is 0.364 e. The Labute approximate surface area is 196 Å². The van der Waals surface area contributed by atoms with Crippen LogP contribution in [-0.4, -0.2) is 43.5 Å². The van der Waals surface area contributed by atoms with E-state index in [1.54, 1.807) is 0 Å². The molecule has 0 amide bonds. The minimum atomic E-state index is -2.36. The zero-order chi connectivity index (χ0) is 23.3. The van der Waals surface area contributed by atoms with Gasteiger partial charge in [-0.2, -0.15) is 0 Å². The highest BCUT2D eigenvalue weighted by Crippen LogP contribution is 2.26. The predicted octanol–water partition coefficient (Wildman–Crippen LogP) is 7.76. The molecule has 0 atom stereocenters. The minimum absolute atomic E-state index is 0.788. The van der Waals surface area contributed by atoms with Crippen molar-refractivity contribution in [1.82, 2.24) is 0 Å². The lowest BCUT2D eigenvalue weighted by molar-refractivity contribution is 0.168. The molecule has 0 aliphatic carbocycles. The molecule has 0 fully saturated rings. The van der Waals surface area contributed by atoms with Crippen LogP contribution in [-0.2, 0) is 17.7 Å². The van der Waals surface area contributed by atoms with Crippen molar-refractivity contribution < 1.29 is 17.7 Å². The maximum absolute atomic E-state index is 6.47. The van der Waals surface area contributed by atoms with Gasteiger partial charge in [-0.1, -0.05) is 65.5 Å². The first-order chi connectivity index (χ1) is 15.1. The van der Waals surface area contributed by atoms with E-state index in [0.717, 1.165) is 96.3 Å². The second-order valence-corrected chi connectivity index (χ2v) is 14.4. The standard InChI is InChI=1S/C25H52O4Si2/c1-7-13-18-26-30(22-11-5,27-19-14-8-2)24-17-25-31(23-12-6,28-20-15-9-3)29-21-16-10-4/h11-12,22-23H,7-10,13-21,24-25H2,1-6H3. The van der Waals surface area contributed by atoms with Crippen LogP contribution in [0, 0.1) is 0 Å². The first kappa shape index (κ1) is 30.8. The summed E-state index contributed by atoms with van der Waals surface area (Å²) in [5.41, 5.74) is 4.49. The number of hydrogen-bond acceptors (Lipinski definition) is 4. The molecular weight excluding hydrogens is 420 g/mol. The summed E-state index contributed by atoms with van der Waals surface area (Å²) in [5, 5.41) is 0. The topological polar surface area (TPSA) is 36.9 Å². The third-order valence-electron chi connectivity index (χ3n) is 5.27. The van der Waals surface area contributed by atoms with Crippen molar-refractivity contribution in [2.75, 3.05) is 26.4 Å². The zero-order valence-electron chi connectivity index (χ0n) is 21.5. The van der Waals surface area contributed by atoms with E-state index in [9.17, 15) is 0 Å². The Kier molecular flexibility index (Phi) is 20.2. The average Bonchev–Trinajstić information content (AvgIpc) is 2.75. The van der Waals surface area contributed by atoms with Gasteiger partial charge in [-0.3, -0.25) is 0 Å². The molecule has 0 aliphatic heterocycles. The van der Waals surface area contributed by atoms with Gasteiger partial charge >= 0.3 is 17.1 Å². The molecule has 31 heavy (non-hydrogen) atoms. The number of rotatable bonds is 22. The fraction of sp³-hybridized carbons (Fsp3) is 0.840. The van der Waals surface area contributed by atoms with Gasteiger partial charge in [0.05, 0.1) is 0 Å². The van der Waals surface area contributed by atoms with E-state index in [4.69, 9.17) is 17.7 Å². The average molecular weight is 473 g/mol. The Hall–Kier alpha value is -0.246. The highest BCUT2D eigenvalue weighted by molar-refractivity contribution is 6.74. The van der Waals surface area contributed by atoms with Crippen molar-refractivity contribution in [3.8, 4) is 0 Å². The third-order valence-corrected chi connectivity index (χ3v) is 11.8. The van der Waals surface area contributed by atoms with E-state index >= 15 is 0 Å². The summed E-state index contributed by atoms with van der Waals surface area (Å²) in [6.07, 6.45) is 14.2. The fourth-order valence-electron chi connectivity index (χ4n) is 3.38. The lowest BCUT2D eigenvalue weighted by Gasteiger charge is -2.31. The van der Waals surface area contributed by atoms with E-state index in [-0.39, 0.29) is 0 Å². The molecule has 184 valence electrons. The summed E-state index contributed by atoms with van der Waals surface area (Å²) >= 11 is 0. The van der Waals surface area contributed by atoms with Gasteiger partial charge in [0, 0.05) is 26.4 Å². The fourth-order valence-corrected chi connectivity index (χ4v) is 9.51. The molecule has 6 heteroatoms. The molecule has 0 radical (unpaired) electrons. The van der Waals surface area contributed by atoms with E-state index in [1.807, 2.05) is 0 Å². The van der Waals surface area contributed by atoms with Crippen molar-refractivity contribution >= 4 is 17.1 Å². The van der Waals surface area contributed by atoms with Gasteiger partial charge in [-0.15, -0.1) is 0 Å². The third kappa shape index (κ3) is 14.5. The van der Waals surface area contributed by atoms with Gasteiger partial charge in [0.25, 0.3) is 0 Å². The van der Waals surface area contributed by atoms with E-state index < -0.39 is 17.1 Å². The lowest BCUT2D eigenvalue weighted by Crippen LogP contribution is -2.44. The molecule has 0 saturated carbocycles. The second-order valence-electron chi connectivity index (χ2n) is 8.29. The molecule has 0 rings (SSSR count). The summed E-state index contributed by atoms with van der Waals surface area (Å²) in [4.78, 5) is 0. The van der Waals surface area contributed by atoms with Crippen LogP contribution in [0.4, 0.5) is 0 Å². The van der Waals surface area contributed by atoms with E-state index in [0.29, 0.717) is 0 Å². The molecule has 0 aromatic rings. The molecule has 0 aliphatic rings. The molecule has 0 saturated heterocycles. The van der Waals surface area contributed by atoms with Crippen LogP contribution in [0.5, 0.6) is 0 Å². The molecule has 0 heterocycles. The Morgan fingerprint density at radius 2 is 0.774 bits per heavy atom. The Morgan fingerprint density at radius 3 is 1.00 bits per heavy atom.